The summed E-state index contributed by atoms with van der Waals surface area (Å²) in [5.41, 5.74) is 0. The largest absolute Gasteiger partial charge is 0.383 e. The molecule has 14 heavy (non-hydrogen) atoms. The minimum Gasteiger partial charge on any atom is -0.383 e. The van der Waals surface area contributed by atoms with Crippen LogP contribution in [0, 0.1) is 0 Å². The minimum absolute atomic E-state index is 0.658. The van der Waals surface area contributed by atoms with Crippen LogP contribution < -0.4 is 5.32 Å². The van der Waals surface area contributed by atoms with Crippen LogP contribution in [-0.4, -0.2) is 50.8 Å². The lowest BCUT2D eigenvalue weighted by Crippen LogP contribution is -2.41. The fourth-order valence-electron chi connectivity index (χ4n) is 1.62. The quantitative estimate of drug-likeness (QED) is 0.635. The molecule has 3 nitrogen and oxygen atoms in total. The van der Waals surface area contributed by atoms with Crippen LogP contribution in [0.1, 0.15) is 26.2 Å². The first-order valence-corrected chi connectivity index (χ1v) is 5.70. The maximum Gasteiger partial charge on any atom is 0.0589 e. The molecule has 1 aliphatic rings. The van der Waals surface area contributed by atoms with Gasteiger partial charge in [-0.05, 0) is 26.3 Å². The topological polar surface area (TPSA) is 24.5 Å². The van der Waals surface area contributed by atoms with Crippen molar-refractivity contribution in [3.05, 3.63) is 0 Å². The fraction of sp³-hybridized carbons (Fsp3) is 1.00. The molecule has 1 saturated carbocycles. The van der Waals surface area contributed by atoms with E-state index in [2.05, 4.69) is 24.2 Å². The Kier molecular flexibility index (Phi) is 5.45. The Labute approximate surface area is 87.8 Å². The zero-order chi connectivity index (χ0) is 10.4. The maximum absolute atomic E-state index is 5.08. The second-order valence-corrected chi connectivity index (χ2v) is 4.22. The van der Waals surface area contributed by atoms with E-state index < -0.39 is 0 Å². The molecular weight excluding hydrogens is 176 g/mol. The Morgan fingerprint density at radius 1 is 1.50 bits per heavy atom. The Morgan fingerprint density at radius 2 is 2.21 bits per heavy atom. The number of nitrogens with one attached hydrogen (secondary N) is 1. The van der Waals surface area contributed by atoms with Gasteiger partial charge in [0.25, 0.3) is 0 Å². The summed E-state index contributed by atoms with van der Waals surface area (Å²) >= 11 is 0. The van der Waals surface area contributed by atoms with Gasteiger partial charge in [-0.3, -0.25) is 4.90 Å². The molecule has 0 amide bonds. The number of likely N-dealkylation sites (N-methyl/N-ethyl adjacent to an activating group) is 1. The molecule has 0 aromatic carbocycles. The molecule has 1 aliphatic carbocycles. The lowest BCUT2D eigenvalue weighted by atomic mass is 10.2. The predicted molar refractivity (Wildman–Crippen MR) is 59.6 cm³/mol. The zero-order valence-corrected chi connectivity index (χ0v) is 9.75. The van der Waals surface area contributed by atoms with Crippen molar-refractivity contribution in [2.24, 2.45) is 0 Å². The van der Waals surface area contributed by atoms with Crippen LogP contribution in [0.4, 0.5) is 0 Å². The normalized spacial score (nSPS) is 18.9. The van der Waals surface area contributed by atoms with E-state index in [1.807, 2.05) is 0 Å². The molecule has 1 fully saturated rings. The molecule has 0 radical (unpaired) electrons. The third-order valence-corrected chi connectivity index (χ3v) is 2.96. The average molecular weight is 200 g/mol. The number of ether oxygens (including phenoxy) is 1. The molecule has 0 aromatic rings. The monoisotopic (exact) mass is 200 g/mol. The molecule has 0 aromatic heterocycles. The van der Waals surface area contributed by atoms with Crippen molar-refractivity contribution in [2.75, 3.05) is 33.9 Å². The van der Waals surface area contributed by atoms with Crippen molar-refractivity contribution in [3.63, 3.8) is 0 Å². The number of hydrogen-bond donors (Lipinski definition) is 1. The van der Waals surface area contributed by atoms with E-state index in [0.29, 0.717) is 6.04 Å². The third-order valence-electron chi connectivity index (χ3n) is 2.96. The summed E-state index contributed by atoms with van der Waals surface area (Å²) in [5.74, 6) is 0. The van der Waals surface area contributed by atoms with Gasteiger partial charge >= 0.3 is 0 Å². The van der Waals surface area contributed by atoms with Gasteiger partial charge in [-0.25, -0.2) is 0 Å². The summed E-state index contributed by atoms with van der Waals surface area (Å²) in [4.78, 5) is 2.39. The van der Waals surface area contributed by atoms with E-state index in [-0.39, 0.29) is 0 Å². The van der Waals surface area contributed by atoms with Crippen molar-refractivity contribution >= 4 is 0 Å². The molecule has 1 N–H and O–H groups in total. The first kappa shape index (κ1) is 12.0. The molecule has 3 heteroatoms. The second-order valence-electron chi connectivity index (χ2n) is 4.22. The van der Waals surface area contributed by atoms with Crippen molar-refractivity contribution in [3.8, 4) is 0 Å². The van der Waals surface area contributed by atoms with Crippen molar-refractivity contribution in [1.82, 2.24) is 10.2 Å². The Morgan fingerprint density at radius 3 is 2.71 bits per heavy atom. The van der Waals surface area contributed by atoms with Gasteiger partial charge in [-0.2, -0.15) is 0 Å². The molecular formula is C11H24N2O. The van der Waals surface area contributed by atoms with E-state index in [1.165, 1.54) is 19.3 Å². The molecule has 84 valence electrons. The summed E-state index contributed by atoms with van der Waals surface area (Å²) in [6.07, 6.45) is 3.95. The minimum atomic E-state index is 0.658. The van der Waals surface area contributed by atoms with Gasteiger partial charge < -0.3 is 10.1 Å². The van der Waals surface area contributed by atoms with E-state index in [4.69, 9.17) is 4.74 Å². The molecule has 0 bridgehead atoms. The van der Waals surface area contributed by atoms with Gasteiger partial charge in [0, 0.05) is 32.3 Å². The van der Waals surface area contributed by atoms with E-state index in [0.717, 1.165) is 25.7 Å². The molecule has 0 saturated heterocycles. The van der Waals surface area contributed by atoms with Gasteiger partial charge in [0.05, 0.1) is 6.61 Å². The van der Waals surface area contributed by atoms with Crippen LogP contribution in [0.3, 0.4) is 0 Å². The number of rotatable bonds is 8. The van der Waals surface area contributed by atoms with Crippen molar-refractivity contribution in [1.29, 1.82) is 0 Å². The summed E-state index contributed by atoms with van der Waals surface area (Å²) in [6.45, 7) is 5.24. The van der Waals surface area contributed by atoms with Crippen LogP contribution in [0.2, 0.25) is 0 Å². The van der Waals surface area contributed by atoms with Gasteiger partial charge in [0.15, 0.2) is 0 Å². The fourth-order valence-corrected chi connectivity index (χ4v) is 1.62. The summed E-state index contributed by atoms with van der Waals surface area (Å²) in [6, 6.07) is 1.48. The van der Waals surface area contributed by atoms with Crippen LogP contribution in [0.25, 0.3) is 0 Å². The molecule has 1 unspecified atom stereocenters. The number of nitrogens with zero attached hydrogens (tertiary/aromatic N) is 1. The summed E-state index contributed by atoms with van der Waals surface area (Å²) < 4.78 is 5.08. The lowest BCUT2D eigenvalue weighted by Gasteiger charge is -2.27. The van der Waals surface area contributed by atoms with Crippen molar-refractivity contribution in [2.45, 2.75) is 38.3 Å². The van der Waals surface area contributed by atoms with Crippen LogP contribution in [0.5, 0.6) is 0 Å². The first-order valence-electron chi connectivity index (χ1n) is 5.70. The van der Waals surface area contributed by atoms with E-state index in [9.17, 15) is 0 Å². The molecule has 0 spiro atoms. The zero-order valence-electron chi connectivity index (χ0n) is 9.75. The third kappa shape index (κ3) is 4.40. The Hall–Kier alpha value is -0.120. The van der Waals surface area contributed by atoms with Gasteiger partial charge in [0.1, 0.15) is 0 Å². The Balaban J connectivity index is 2.13. The Bertz CT molecular complexity index is 148. The van der Waals surface area contributed by atoms with Crippen LogP contribution in [-0.2, 0) is 4.74 Å². The van der Waals surface area contributed by atoms with Gasteiger partial charge in [0.2, 0.25) is 0 Å². The maximum atomic E-state index is 5.08. The predicted octanol–water partition coefficient (Wildman–Crippen LogP) is 1.10. The van der Waals surface area contributed by atoms with E-state index in [1.54, 1.807) is 7.11 Å². The van der Waals surface area contributed by atoms with Gasteiger partial charge in [-0.15, -0.1) is 0 Å². The molecule has 0 heterocycles. The number of methoxy groups -OCH3 is 1. The molecule has 0 aliphatic heterocycles. The molecule has 1 atom stereocenters. The van der Waals surface area contributed by atoms with E-state index >= 15 is 0 Å². The van der Waals surface area contributed by atoms with Gasteiger partial charge in [-0.1, -0.05) is 6.92 Å². The average Bonchev–Trinajstić information content (AvgIpc) is 2.99. The number of hydrogen-bond acceptors (Lipinski definition) is 3. The highest BCUT2D eigenvalue weighted by molar-refractivity contribution is 4.83. The first-order chi connectivity index (χ1) is 6.77. The standard InChI is InChI=1S/C11H24N2O/c1-4-11(9-12-10-5-6-10)13(2)7-8-14-3/h10-12H,4-9H2,1-3H3. The SMILES string of the molecule is CCC(CNC1CC1)N(C)CCOC. The van der Waals surface area contributed by atoms with Crippen LogP contribution in [0.15, 0.2) is 0 Å². The van der Waals surface area contributed by atoms with Crippen LogP contribution >= 0.6 is 0 Å². The highest BCUT2D eigenvalue weighted by Gasteiger charge is 2.22. The highest BCUT2D eigenvalue weighted by atomic mass is 16.5. The lowest BCUT2D eigenvalue weighted by molar-refractivity contribution is 0.135. The molecule has 1 rings (SSSR count). The summed E-state index contributed by atoms with van der Waals surface area (Å²) in [7, 11) is 3.94. The smallest absolute Gasteiger partial charge is 0.0589 e. The van der Waals surface area contributed by atoms with Crippen molar-refractivity contribution < 1.29 is 4.74 Å². The second kappa shape index (κ2) is 6.38. The highest BCUT2D eigenvalue weighted by Crippen LogP contribution is 2.18. The summed E-state index contributed by atoms with van der Waals surface area (Å²) in [5, 5.41) is 3.58.